The molecule has 2 rings (SSSR count). The Morgan fingerprint density at radius 1 is 0.862 bits per heavy atom. The Bertz CT molecular complexity index is 834. The van der Waals surface area contributed by atoms with Crippen molar-refractivity contribution in [2.24, 2.45) is 0 Å². The number of hydrazine groups is 1. The van der Waals surface area contributed by atoms with Crippen molar-refractivity contribution in [1.82, 2.24) is 10.9 Å². The van der Waals surface area contributed by atoms with Crippen LogP contribution in [0.15, 0.2) is 48.5 Å². The average molecular weight is 397 g/mol. The summed E-state index contributed by atoms with van der Waals surface area (Å²) in [6, 6.07) is 13.3. The summed E-state index contributed by atoms with van der Waals surface area (Å²) in [4.78, 5) is 36.1. The Hall–Kier alpha value is -3.35. The van der Waals surface area contributed by atoms with E-state index in [0.29, 0.717) is 35.6 Å². The third-order valence-corrected chi connectivity index (χ3v) is 4.18. The number of amides is 3. The Kier molecular flexibility index (Phi) is 8.69. The Balaban J connectivity index is 1.91. The number of unbranched alkanes of at least 4 members (excludes halogenated alkanes) is 2. The standard InChI is InChI=1S/C22H27N3O4/c1-3-5-8-15-29-19-10-7-6-9-18(19)22(28)25-24-21(27)16-11-13-17(14-12-16)23-20(26)4-2/h6-7,9-14H,3-5,8,15H2,1-2H3,(H,23,26)(H,24,27)(H,25,28). The third kappa shape index (κ3) is 6.95. The number of ether oxygens (including phenoxy) is 1. The molecule has 0 radical (unpaired) electrons. The van der Waals surface area contributed by atoms with Crippen molar-refractivity contribution in [3.8, 4) is 5.75 Å². The van der Waals surface area contributed by atoms with Crippen LogP contribution in [0.25, 0.3) is 0 Å². The maximum Gasteiger partial charge on any atom is 0.273 e. The second-order valence-electron chi connectivity index (χ2n) is 6.44. The van der Waals surface area contributed by atoms with Gasteiger partial charge in [-0.3, -0.25) is 25.2 Å². The van der Waals surface area contributed by atoms with Crippen LogP contribution >= 0.6 is 0 Å². The first-order valence-corrected chi connectivity index (χ1v) is 9.77. The summed E-state index contributed by atoms with van der Waals surface area (Å²) in [7, 11) is 0. The van der Waals surface area contributed by atoms with Crippen LogP contribution in [0, 0.1) is 0 Å². The quantitative estimate of drug-likeness (QED) is 0.444. The fraction of sp³-hybridized carbons (Fsp3) is 0.318. The molecule has 0 fully saturated rings. The van der Waals surface area contributed by atoms with Gasteiger partial charge in [0.2, 0.25) is 5.91 Å². The van der Waals surface area contributed by atoms with Crippen LogP contribution in [-0.4, -0.2) is 24.3 Å². The van der Waals surface area contributed by atoms with Gasteiger partial charge in [0.1, 0.15) is 5.75 Å². The number of hydrogen-bond acceptors (Lipinski definition) is 4. The fourth-order valence-electron chi connectivity index (χ4n) is 2.52. The Labute approximate surface area is 170 Å². The van der Waals surface area contributed by atoms with Gasteiger partial charge in [-0.1, -0.05) is 38.8 Å². The lowest BCUT2D eigenvalue weighted by atomic mass is 10.2. The minimum Gasteiger partial charge on any atom is -0.493 e. The number of carbonyl (C=O) groups excluding carboxylic acids is 3. The van der Waals surface area contributed by atoms with Crippen LogP contribution in [0.2, 0.25) is 0 Å². The lowest BCUT2D eigenvalue weighted by Crippen LogP contribution is -2.41. The van der Waals surface area contributed by atoms with Gasteiger partial charge in [0, 0.05) is 17.7 Å². The van der Waals surface area contributed by atoms with Gasteiger partial charge in [0.25, 0.3) is 11.8 Å². The molecule has 154 valence electrons. The van der Waals surface area contributed by atoms with E-state index in [9.17, 15) is 14.4 Å². The molecule has 29 heavy (non-hydrogen) atoms. The SMILES string of the molecule is CCCCCOc1ccccc1C(=O)NNC(=O)c1ccc(NC(=O)CC)cc1. The van der Waals surface area contributed by atoms with Crippen LogP contribution in [0.4, 0.5) is 5.69 Å². The van der Waals surface area contributed by atoms with Gasteiger partial charge in [-0.2, -0.15) is 0 Å². The van der Waals surface area contributed by atoms with E-state index in [1.807, 2.05) is 0 Å². The summed E-state index contributed by atoms with van der Waals surface area (Å²) >= 11 is 0. The highest BCUT2D eigenvalue weighted by molar-refractivity contribution is 6.00. The van der Waals surface area contributed by atoms with Gasteiger partial charge in [-0.15, -0.1) is 0 Å². The lowest BCUT2D eigenvalue weighted by Gasteiger charge is -2.12. The van der Waals surface area contributed by atoms with Gasteiger partial charge < -0.3 is 10.1 Å². The molecule has 0 aliphatic carbocycles. The van der Waals surface area contributed by atoms with E-state index in [0.717, 1.165) is 19.3 Å². The molecule has 0 aliphatic heterocycles. The van der Waals surface area contributed by atoms with Gasteiger partial charge in [-0.25, -0.2) is 0 Å². The molecule has 7 heteroatoms. The number of hydrogen-bond donors (Lipinski definition) is 3. The molecule has 0 atom stereocenters. The topological polar surface area (TPSA) is 96.5 Å². The maximum absolute atomic E-state index is 12.4. The molecule has 0 bridgehead atoms. The van der Waals surface area contributed by atoms with Crippen molar-refractivity contribution in [2.45, 2.75) is 39.5 Å². The van der Waals surface area contributed by atoms with E-state index < -0.39 is 11.8 Å². The molecule has 3 amide bonds. The first-order valence-electron chi connectivity index (χ1n) is 9.77. The third-order valence-electron chi connectivity index (χ3n) is 4.18. The molecule has 2 aromatic carbocycles. The van der Waals surface area contributed by atoms with E-state index in [1.54, 1.807) is 55.5 Å². The summed E-state index contributed by atoms with van der Waals surface area (Å²) in [5.74, 6) is -0.555. The lowest BCUT2D eigenvalue weighted by molar-refractivity contribution is -0.115. The van der Waals surface area contributed by atoms with E-state index >= 15 is 0 Å². The summed E-state index contributed by atoms with van der Waals surface area (Å²) in [5, 5.41) is 2.71. The first kappa shape index (κ1) is 21.9. The maximum atomic E-state index is 12.4. The second kappa shape index (κ2) is 11.5. The average Bonchev–Trinajstić information content (AvgIpc) is 2.75. The van der Waals surface area contributed by atoms with E-state index in [4.69, 9.17) is 4.74 Å². The molecule has 0 unspecified atom stereocenters. The van der Waals surface area contributed by atoms with E-state index in [1.165, 1.54) is 0 Å². The van der Waals surface area contributed by atoms with Crippen molar-refractivity contribution < 1.29 is 19.1 Å². The van der Waals surface area contributed by atoms with Gasteiger partial charge in [0.05, 0.1) is 12.2 Å². The zero-order valence-corrected chi connectivity index (χ0v) is 16.8. The molecule has 0 saturated heterocycles. The van der Waals surface area contributed by atoms with Crippen molar-refractivity contribution in [3.63, 3.8) is 0 Å². The Morgan fingerprint density at radius 2 is 1.55 bits per heavy atom. The van der Waals surface area contributed by atoms with Gasteiger partial charge in [0.15, 0.2) is 0 Å². The molecule has 3 N–H and O–H groups in total. The summed E-state index contributed by atoms with van der Waals surface area (Å²) in [5.41, 5.74) is 6.10. The second-order valence-corrected chi connectivity index (χ2v) is 6.44. The Morgan fingerprint density at radius 3 is 2.24 bits per heavy atom. The van der Waals surface area contributed by atoms with Crippen molar-refractivity contribution in [2.75, 3.05) is 11.9 Å². The largest absolute Gasteiger partial charge is 0.493 e. The normalized spacial score (nSPS) is 10.1. The molecule has 7 nitrogen and oxygen atoms in total. The van der Waals surface area contributed by atoms with Crippen LogP contribution in [-0.2, 0) is 4.79 Å². The van der Waals surface area contributed by atoms with Gasteiger partial charge in [-0.05, 0) is 42.8 Å². The summed E-state index contributed by atoms with van der Waals surface area (Å²) in [6.07, 6.45) is 3.44. The number of para-hydroxylation sites is 1. The first-order chi connectivity index (χ1) is 14.0. The summed E-state index contributed by atoms with van der Waals surface area (Å²) < 4.78 is 5.70. The fourth-order valence-corrected chi connectivity index (χ4v) is 2.52. The monoisotopic (exact) mass is 397 g/mol. The molecule has 0 heterocycles. The zero-order chi connectivity index (χ0) is 21.1. The van der Waals surface area contributed by atoms with Crippen LogP contribution in [0.1, 0.15) is 60.2 Å². The minimum atomic E-state index is -0.465. The van der Waals surface area contributed by atoms with E-state index in [2.05, 4.69) is 23.1 Å². The molecule has 0 aliphatic rings. The van der Waals surface area contributed by atoms with Crippen LogP contribution in [0.5, 0.6) is 5.75 Å². The predicted octanol–water partition coefficient (Wildman–Crippen LogP) is 3.68. The summed E-state index contributed by atoms with van der Waals surface area (Å²) in [6.45, 7) is 4.40. The van der Waals surface area contributed by atoms with Gasteiger partial charge >= 0.3 is 0 Å². The number of rotatable bonds is 9. The van der Waals surface area contributed by atoms with E-state index in [-0.39, 0.29) is 5.91 Å². The van der Waals surface area contributed by atoms with Crippen molar-refractivity contribution >= 4 is 23.4 Å². The number of anilines is 1. The molecule has 0 saturated carbocycles. The highest BCUT2D eigenvalue weighted by Gasteiger charge is 2.14. The zero-order valence-electron chi connectivity index (χ0n) is 16.8. The van der Waals surface area contributed by atoms with Crippen molar-refractivity contribution in [1.29, 1.82) is 0 Å². The molecule has 2 aromatic rings. The molecule has 0 aromatic heterocycles. The van der Waals surface area contributed by atoms with Crippen molar-refractivity contribution in [3.05, 3.63) is 59.7 Å². The van der Waals surface area contributed by atoms with Crippen LogP contribution < -0.4 is 20.9 Å². The number of benzene rings is 2. The predicted molar refractivity (Wildman–Crippen MR) is 112 cm³/mol. The number of nitrogens with one attached hydrogen (secondary N) is 3. The highest BCUT2D eigenvalue weighted by Crippen LogP contribution is 2.18. The highest BCUT2D eigenvalue weighted by atomic mass is 16.5. The minimum absolute atomic E-state index is 0.106. The molecular weight excluding hydrogens is 370 g/mol. The van der Waals surface area contributed by atoms with Crippen LogP contribution in [0.3, 0.4) is 0 Å². The smallest absolute Gasteiger partial charge is 0.273 e. The molecule has 0 spiro atoms. The number of carbonyl (C=O) groups is 3. The molecular formula is C22H27N3O4.